The predicted molar refractivity (Wildman–Crippen MR) is 47.5 cm³/mol. The van der Waals surface area contributed by atoms with Gasteiger partial charge in [-0.2, -0.15) is 13.2 Å². The van der Waals surface area contributed by atoms with E-state index in [2.05, 4.69) is 9.73 Å². The van der Waals surface area contributed by atoms with E-state index >= 15 is 0 Å². The highest BCUT2D eigenvalue weighted by atomic mass is 19.4. The fourth-order valence-electron chi connectivity index (χ4n) is 1.36. The van der Waals surface area contributed by atoms with Crippen molar-refractivity contribution in [1.29, 1.82) is 0 Å². The molecule has 0 fully saturated rings. The van der Waals surface area contributed by atoms with Crippen LogP contribution < -0.4 is 0 Å². The average molecular weight is 207 g/mol. The van der Waals surface area contributed by atoms with Crippen LogP contribution in [0.15, 0.2) is 16.6 Å². The number of rotatable bonds is 2. The lowest BCUT2D eigenvalue weighted by Crippen LogP contribution is -2.34. The summed E-state index contributed by atoms with van der Waals surface area (Å²) in [5.74, 6) is 0.0370. The van der Waals surface area contributed by atoms with Crippen molar-refractivity contribution in [1.82, 2.24) is 0 Å². The molecule has 0 aromatic carbocycles. The van der Waals surface area contributed by atoms with Crippen LogP contribution in [-0.4, -0.2) is 32.1 Å². The summed E-state index contributed by atoms with van der Waals surface area (Å²) in [6, 6.07) is 0. The van der Waals surface area contributed by atoms with Crippen LogP contribution in [0.3, 0.4) is 0 Å². The van der Waals surface area contributed by atoms with Gasteiger partial charge < -0.3 is 4.74 Å². The Balaban J connectivity index is 2.85. The molecule has 2 nitrogen and oxygen atoms in total. The summed E-state index contributed by atoms with van der Waals surface area (Å²) in [7, 11) is 1.05. The molecule has 2 atom stereocenters. The van der Waals surface area contributed by atoms with Crippen molar-refractivity contribution in [2.45, 2.75) is 19.2 Å². The summed E-state index contributed by atoms with van der Waals surface area (Å²) < 4.78 is 41.6. The van der Waals surface area contributed by atoms with Gasteiger partial charge in [0.1, 0.15) is 0 Å². The zero-order valence-electron chi connectivity index (χ0n) is 8.01. The highest BCUT2D eigenvalue weighted by Gasteiger charge is 2.42. The van der Waals surface area contributed by atoms with Gasteiger partial charge in [-0.25, -0.2) is 0 Å². The van der Waals surface area contributed by atoms with Gasteiger partial charge in [-0.15, -0.1) is 0 Å². The number of dihydropyridines is 1. The SMILES string of the molecule is COC(C1=CC(C)CN=C1)C(F)(F)F. The first kappa shape index (κ1) is 11.2. The van der Waals surface area contributed by atoms with Gasteiger partial charge in [0.25, 0.3) is 0 Å². The van der Waals surface area contributed by atoms with E-state index in [1.165, 1.54) is 6.21 Å². The number of methoxy groups -OCH3 is 1. The number of hydrogen-bond donors (Lipinski definition) is 0. The molecule has 2 unspecified atom stereocenters. The molecule has 0 saturated carbocycles. The summed E-state index contributed by atoms with van der Waals surface area (Å²) in [4.78, 5) is 3.85. The van der Waals surface area contributed by atoms with Crippen molar-refractivity contribution in [3.8, 4) is 0 Å². The first-order chi connectivity index (χ1) is 6.45. The standard InChI is InChI=1S/C9H12F3NO/c1-6-3-7(5-13-4-6)8(14-2)9(10,11)12/h3,5-6,8H,4H2,1-2H3. The molecule has 1 heterocycles. The number of alkyl halides is 3. The molecule has 1 rings (SSSR count). The van der Waals surface area contributed by atoms with Gasteiger partial charge in [-0.3, -0.25) is 4.99 Å². The Morgan fingerprint density at radius 3 is 2.64 bits per heavy atom. The van der Waals surface area contributed by atoms with Gasteiger partial charge >= 0.3 is 6.18 Å². The molecule has 1 aliphatic rings. The quantitative estimate of drug-likeness (QED) is 0.680. The third kappa shape index (κ3) is 2.57. The molecular weight excluding hydrogens is 195 g/mol. The Kier molecular flexibility index (Phi) is 3.31. The summed E-state index contributed by atoms with van der Waals surface area (Å²) in [6.45, 7) is 2.36. The molecular formula is C9H12F3NO. The van der Waals surface area contributed by atoms with E-state index in [-0.39, 0.29) is 11.5 Å². The minimum absolute atomic E-state index is 0.0370. The number of halogens is 3. The maximum Gasteiger partial charge on any atom is 0.418 e. The Morgan fingerprint density at radius 1 is 1.57 bits per heavy atom. The van der Waals surface area contributed by atoms with E-state index in [1.54, 1.807) is 6.08 Å². The molecule has 0 N–H and O–H groups in total. The molecule has 0 amide bonds. The lowest BCUT2D eigenvalue weighted by molar-refractivity contribution is -0.198. The van der Waals surface area contributed by atoms with Crippen molar-refractivity contribution >= 4 is 6.21 Å². The van der Waals surface area contributed by atoms with E-state index in [4.69, 9.17) is 0 Å². The minimum Gasteiger partial charge on any atom is -0.367 e. The molecule has 1 aliphatic heterocycles. The van der Waals surface area contributed by atoms with Gasteiger partial charge in [-0.1, -0.05) is 13.0 Å². The van der Waals surface area contributed by atoms with Crippen LogP contribution in [0.4, 0.5) is 13.2 Å². The minimum atomic E-state index is -4.37. The topological polar surface area (TPSA) is 21.6 Å². The van der Waals surface area contributed by atoms with Gasteiger partial charge in [0.2, 0.25) is 0 Å². The smallest absolute Gasteiger partial charge is 0.367 e. The molecule has 0 saturated heterocycles. The third-order valence-corrected chi connectivity index (χ3v) is 1.95. The van der Waals surface area contributed by atoms with Crippen molar-refractivity contribution < 1.29 is 17.9 Å². The Hall–Kier alpha value is -0.840. The molecule has 5 heteroatoms. The maximum atomic E-state index is 12.4. The zero-order chi connectivity index (χ0) is 10.8. The lowest BCUT2D eigenvalue weighted by atomic mass is 10.0. The summed E-state index contributed by atoms with van der Waals surface area (Å²) in [5, 5.41) is 0. The summed E-state index contributed by atoms with van der Waals surface area (Å²) in [5.41, 5.74) is 0.0961. The van der Waals surface area contributed by atoms with Crippen molar-refractivity contribution in [2.75, 3.05) is 13.7 Å². The molecule has 0 aromatic rings. The number of ether oxygens (including phenoxy) is 1. The van der Waals surface area contributed by atoms with Gasteiger partial charge in [-0.05, 0) is 5.92 Å². The van der Waals surface area contributed by atoms with Crippen molar-refractivity contribution in [3.05, 3.63) is 11.6 Å². The van der Waals surface area contributed by atoms with Crippen LogP contribution >= 0.6 is 0 Å². The van der Waals surface area contributed by atoms with Crippen LogP contribution in [0.25, 0.3) is 0 Å². The number of hydrogen-bond acceptors (Lipinski definition) is 2. The fourth-order valence-corrected chi connectivity index (χ4v) is 1.36. The van der Waals surface area contributed by atoms with E-state index in [0.717, 1.165) is 7.11 Å². The second-order valence-electron chi connectivity index (χ2n) is 3.30. The first-order valence-electron chi connectivity index (χ1n) is 4.26. The van der Waals surface area contributed by atoms with E-state index in [1.807, 2.05) is 6.92 Å². The highest BCUT2D eigenvalue weighted by molar-refractivity contribution is 5.81. The molecule has 0 aliphatic carbocycles. The van der Waals surface area contributed by atoms with E-state index < -0.39 is 12.3 Å². The maximum absolute atomic E-state index is 12.4. The first-order valence-corrected chi connectivity index (χ1v) is 4.26. The van der Waals surface area contributed by atoms with Crippen LogP contribution in [0.2, 0.25) is 0 Å². The largest absolute Gasteiger partial charge is 0.418 e. The molecule has 0 radical (unpaired) electrons. The predicted octanol–water partition coefficient (Wildman–Crippen LogP) is 2.21. The summed E-state index contributed by atoms with van der Waals surface area (Å²) in [6.07, 6.45) is -3.44. The Labute approximate surface area is 80.5 Å². The number of nitrogens with zero attached hydrogens (tertiary/aromatic N) is 1. The zero-order valence-corrected chi connectivity index (χ0v) is 8.01. The molecule has 14 heavy (non-hydrogen) atoms. The molecule has 0 aromatic heterocycles. The third-order valence-electron chi connectivity index (χ3n) is 1.95. The monoisotopic (exact) mass is 207 g/mol. The van der Waals surface area contributed by atoms with E-state index in [0.29, 0.717) is 6.54 Å². The van der Waals surface area contributed by atoms with Crippen molar-refractivity contribution in [3.63, 3.8) is 0 Å². The summed E-state index contributed by atoms with van der Waals surface area (Å²) >= 11 is 0. The number of aliphatic imine (C=N–C) groups is 1. The molecule has 0 spiro atoms. The van der Waals surface area contributed by atoms with Crippen molar-refractivity contribution in [2.24, 2.45) is 10.9 Å². The van der Waals surface area contributed by atoms with Gasteiger partial charge in [0.05, 0.1) is 0 Å². The Morgan fingerprint density at radius 2 is 2.21 bits per heavy atom. The Bertz CT molecular complexity index is 257. The van der Waals surface area contributed by atoms with Gasteiger partial charge in [0, 0.05) is 25.4 Å². The molecule has 0 bridgehead atoms. The fraction of sp³-hybridized carbons (Fsp3) is 0.667. The van der Waals surface area contributed by atoms with Crippen LogP contribution in [0, 0.1) is 5.92 Å². The lowest BCUT2D eigenvalue weighted by Gasteiger charge is -2.22. The van der Waals surface area contributed by atoms with Crippen LogP contribution in [0.1, 0.15) is 6.92 Å². The second-order valence-corrected chi connectivity index (χ2v) is 3.30. The van der Waals surface area contributed by atoms with Gasteiger partial charge in [0.15, 0.2) is 6.10 Å². The second kappa shape index (κ2) is 4.13. The average Bonchev–Trinajstić information content (AvgIpc) is 2.02. The van der Waals surface area contributed by atoms with Crippen LogP contribution in [-0.2, 0) is 4.74 Å². The highest BCUT2D eigenvalue weighted by Crippen LogP contribution is 2.28. The molecule has 80 valence electrons. The van der Waals surface area contributed by atoms with Crippen LogP contribution in [0.5, 0.6) is 0 Å². The normalized spacial score (nSPS) is 24.6. The van der Waals surface area contributed by atoms with E-state index in [9.17, 15) is 13.2 Å².